The maximum atomic E-state index is 5.93. The molecule has 78 valence electrons. The molecule has 0 heterocycles. The van der Waals surface area contributed by atoms with Crippen molar-refractivity contribution < 1.29 is 4.74 Å². The highest BCUT2D eigenvalue weighted by atomic mass is 35.5. The molecule has 0 saturated carbocycles. The molecule has 0 aliphatic heterocycles. The summed E-state index contributed by atoms with van der Waals surface area (Å²) in [5.74, 6) is 1.91. The molecule has 0 amide bonds. The van der Waals surface area contributed by atoms with Gasteiger partial charge in [-0.25, -0.2) is 0 Å². The monoisotopic (exact) mass is 232 g/mol. The summed E-state index contributed by atoms with van der Waals surface area (Å²) in [7, 11) is 1.67. The molecule has 0 N–H and O–H groups in total. The Bertz CT molecular complexity index is 299. The van der Waals surface area contributed by atoms with Gasteiger partial charge in [0.1, 0.15) is 5.75 Å². The summed E-state index contributed by atoms with van der Waals surface area (Å²) >= 11 is 11.6. The van der Waals surface area contributed by atoms with Gasteiger partial charge in [0.2, 0.25) is 0 Å². The largest absolute Gasteiger partial charge is 0.496 e. The second kappa shape index (κ2) is 5.47. The van der Waals surface area contributed by atoms with E-state index < -0.39 is 0 Å². The van der Waals surface area contributed by atoms with Gasteiger partial charge in [0.05, 0.1) is 7.11 Å². The first-order valence-electron chi connectivity index (χ1n) is 4.58. The molecule has 0 aliphatic rings. The Labute approximate surface area is 95.0 Å². The van der Waals surface area contributed by atoms with Crippen molar-refractivity contribution in [1.82, 2.24) is 0 Å². The second-order valence-electron chi connectivity index (χ2n) is 3.26. The van der Waals surface area contributed by atoms with Crippen molar-refractivity contribution in [2.24, 2.45) is 0 Å². The Balaban J connectivity index is 2.97. The highest BCUT2D eigenvalue weighted by Crippen LogP contribution is 2.31. The molecule has 1 atom stereocenters. The van der Waals surface area contributed by atoms with Crippen LogP contribution in [0.4, 0.5) is 0 Å². The number of alkyl halides is 1. The molecule has 0 fully saturated rings. The smallest absolute Gasteiger partial charge is 0.122 e. The molecule has 0 aromatic heterocycles. The van der Waals surface area contributed by atoms with Gasteiger partial charge in [-0.05, 0) is 36.1 Å². The van der Waals surface area contributed by atoms with Crippen LogP contribution in [-0.4, -0.2) is 13.0 Å². The van der Waals surface area contributed by atoms with Crippen molar-refractivity contribution in [2.75, 3.05) is 13.0 Å². The van der Waals surface area contributed by atoms with Gasteiger partial charge in [-0.2, -0.15) is 0 Å². The van der Waals surface area contributed by atoms with Crippen LogP contribution in [0.3, 0.4) is 0 Å². The van der Waals surface area contributed by atoms with E-state index >= 15 is 0 Å². The highest BCUT2D eigenvalue weighted by molar-refractivity contribution is 6.30. The summed E-state index contributed by atoms with van der Waals surface area (Å²) in [6, 6.07) is 5.66. The van der Waals surface area contributed by atoms with Crippen molar-refractivity contribution in [3.8, 4) is 5.75 Å². The minimum absolute atomic E-state index is 0.376. The molecule has 0 saturated heterocycles. The van der Waals surface area contributed by atoms with Crippen LogP contribution in [0.2, 0.25) is 5.02 Å². The van der Waals surface area contributed by atoms with Crippen LogP contribution < -0.4 is 4.74 Å². The van der Waals surface area contributed by atoms with Gasteiger partial charge in [0.15, 0.2) is 0 Å². The number of halogens is 2. The second-order valence-corrected chi connectivity index (χ2v) is 4.08. The van der Waals surface area contributed by atoms with Crippen LogP contribution in [0.15, 0.2) is 18.2 Å². The molecule has 14 heavy (non-hydrogen) atoms. The van der Waals surface area contributed by atoms with E-state index in [1.807, 2.05) is 18.2 Å². The van der Waals surface area contributed by atoms with Gasteiger partial charge in [0.25, 0.3) is 0 Å². The fourth-order valence-electron chi connectivity index (χ4n) is 1.41. The lowest BCUT2D eigenvalue weighted by Gasteiger charge is -2.14. The third-order valence-electron chi connectivity index (χ3n) is 2.26. The fraction of sp³-hybridized carbons (Fsp3) is 0.455. The van der Waals surface area contributed by atoms with Gasteiger partial charge in [-0.15, -0.1) is 11.6 Å². The summed E-state index contributed by atoms with van der Waals surface area (Å²) in [5.41, 5.74) is 1.13. The Hall–Kier alpha value is -0.400. The van der Waals surface area contributed by atoms with E-state index in [9.17, 15) is 0 Å². The topological polar surface area (TPSA) is 9.23 Å². The van der Waals surface area contributed by atoms with Crippen LogP contribution in [0.1, 0.15) is 24.8 Å². The van der Waals surface area contributed by atoms with Gasteiger partial charge in [-0.3, -0.25) is 0 Å². The predicted molar refractivity (Wildman–Crippen MR) is 61.8 cm³/mol. The number of hydrogen-bond acceptors (Lipinski definition) is 1. The van der Waals surface area contributed by atoms with Crippen LogP contribution in [-0.2, 0) is 0 Å². The zero-order valence-electron chi connectivity index (χ0n) is 8.39. The zero-order chi connectivity index (χ0) is 10.6. The van der Waals surface area contributed by atoms with Crippen LogP contribution >= 0.6 is 23.2 Å². The molecule has 0 aliphatic carbocycles. The van der Waals surface area contributed by atoms with Gasteiger partial charge in [0, 0.05) is 10.9 Å². The molecule has 3 heteroatoms. The molecular formula is C11H14Cl2O. The van der Waals surface area contributed by atoms with Crippen LogP contribution in [0, 0.1) is 0 Å². The average molecular weight is 233 g/mol. The van der Waals surface area contributed by atoms with Crippen molar-refractivity contribution in [2.45, 2.75) is 19.3 Å². The summed E-state index contributed by atoms with van der Waals surface area (Å²) in [6.07, 6.45) is 0.929. The number of benzene rings is 1. The fourth-order valence-corrected chi connectivity index (χ4v) is 1.92. The van der Waals surface area contributed by atoms with Crippen molar-refractivity contribution >= 4 is 23.2 Å². The van der Waals surface area contributed by atoms with E-state index in [1.54, 1.807) is 7.11 Å². The molecule has 1 rings (SSSR count). The van der Waals surface area contributed by atoms with E-state index in [0.717, 1.165) is 22.8 Å². The molecule has 1 unspecified atom stereocenters. The van der Waals surface area contributed by atoms with E-state index in [4.69, 9.17) is 27.9 Å². The molecule has 0 bridgehead atoms. The predicted octanol–water partition coefficient (Wildman–Crippen LogP) is 4.08. The number of rotatable bonds is 4. The highest BCUT2D eigenvalue weighted by Gasteiger charge is 2.11. The van der Waals surface area contributed by atoms with Crippen LogP contribution in [0.25, 0.3) is 0 Å². The minimum Gasteiger partial charge on any atom is -0.496 e. The van der Waals surface area contributed by atoms with Gasteiger partial charge < -0.3 is 4.74 Å². The number of hydrogen-bond donors (Lipinski definition) is 0. The Morgan fingerprint density at radius 3 is 2.71 bits per heavy atom. The van der Waals surface area contributed by atoms with E-state index in [1.165, 1.54) is 0 Å². The first-order chi connectivity index (χ1) is 6.69. The van der Waals surface area contributed by atoms with Gasteiger partial charge >= 0.3 is 0 Å². The molecule has 1 nitrogen and oxygen atoms in total. The maximum absolute atomic E-state index is 5.93. The van der Waals surface area contributed by atoms with Crippen molar-refractivity contribution in [3.05, 3.63) is 28.8 Å². The van der Waals surface area contributed by atoms with E-state index in [-0.39, 0.29) is 0 Å². The zero-order valence-corrected chi connectivity index (χ0v) is 9.90. The summed E-state index contributed by atoms with van der Waals surface area (Å²) < 4.78 is 5.27. The van der Waals surface area contributed by atoms with Crippen molar-refractivity contribution in [1.29, 1.82) is 0 Å². The van der Waals surface area contributed by atoms with E-state index in [0.29, 0.717) is 11.8 Å². The first-order valence-corrected chi connectivity index (χ1v) is 5.49. The maximum Gasteiger partial charge on any atom is 0.122 e. The lowest BCUT2D eigenvalue weighted by atomic mass is 9.98. The number of ether oxygens (including phenoxy) is 1. The Kier molecular flexibility index (Phi) is 4.56. The molecular weight excluding hydrogens is 219 g/mol. The minimum atomic E-state index is 0.376. The first kappa shape index (κ1) is 11.7. The SMILES string of the molecule is COc1ccc(Cl)cc1C(C)CCCl. The number of methoxy groups -OCH3 is 1. The summed E-state index contributed by atoms with van der Waals surface area (Å²) in [4.78, 5) is 0. The quantitative estimate of drug-likeness (QED) is 0.712. The van der Waals surface area contributed by atoms with Gasteiger partial charge in [-0.1, -0.05) is 18.5 Å². The standard InChI is InChI=1S/C11H14Cl2O/c1-8(5-6-12)10-7-9(13)3-4-11(10)14-2/h3-4,7-8H,5-6H2,1-2H3. The third-order valence-corrected chi connectivity index (χ3v) is 2.72. The molecule has 0 spiro atoms. The normalized spacial score (nSPS) is 12.6. The molecule has 1 aromatic rings. The summed E-state index contributed by atoms with van der Waals surface area (Å²) in [6.45, 7) is 2.12. The Morgan fingerprint density at radius 2 is 2.14 bits per heavy atom. The lowest BCUT2D eigenvalue weighted by Crippen LogP contribution is -1.98. The lowest BCUT2D eigenvalue weighted by molar-refractivity contribution is 0.406. The average Bonchev–Trinajstić information content (AvgIpc) is 2.18. The summed E-state index contributed by atoms with van der Waals surface area (Å²) in [5, 5.41) is 0.738. The molecule has 0 radical (unpaired) electrons. The Morgan fingerprint density at radius 1 is 1.43 bits per heavy atom. The van der Waals surface area contributed by atoms with Crippen LogP contribution in [0.5, 0.6) is 5.75 Å². The third kappa shape index (κ3) is 2.79. The van der Waals surface area contributed by atoms with E-state index in [2.05, 4.69) is 6.92 Å². The molecule has 1 aromatic carbocycles. The van der Waals surface area contributed by atoms with Crippen molar-refractivity contribution in [3.63, 3.8) is 0 Å².